The first-order valence-corrected chi connectivity index (χ1v) is 10.3. The van der Waals surface area contributed by atoms with E-state index < -0.39 is 0 Å². The lowest BCUT2D eigenvalue weighted by Gasteiger charge is -2.08. The maximum absolute atomic E-state index is 13.0. The number of nitrogens with zero attached hydrogens (tertiary/aromatic N) is 2. The Morgan fingerprint density at radius 3 is 2.71 bits per heavy atom. The minimum atomic E-state index is -0.325. The average Bonchev–Trinajstić information content (AvgIpc) is 3.30. The van der Waals surface area contributed by atoms with E-state index in [2.05, 4.69) is 10.3 Å². The molecule has 0 radical (unpaired) electrons. The lowest BCUT2D eigenvalue weighted by atomic mass is 10.2. The third-order valence-electron chi connectivity index (χ3n) is 4.28. The van der Waals surface area contributed by atoms with Crippen molar-refractivity contribution in [3.8, 4) is 10.4 Å². The summed E-state index contributed by atoms with van der Waals surface area (Å²) in [6.45, 7) is 2.16. The number of hydrogen-bond acceptors (Lipinski definition) is 5. The predicted octanol–water partition coefficient (Wildman–Crippen LogP) is 3.95. The number of benzene rings is 1. The lowest BCUT2D eigenvalue weighted by molar-refractivity contribution is -0.121. The zero-order valence-electron chi connectivity index (χ0n) is 14.9. The Morgan fingerprint density at radius 1 is 1.21 bits per heavy atom. The lowest BCUT2D eigenvalue weighted by Crippen LogP contribution is -2.32. The molecule has 1 aromatic carbocycles. The van der Waals surface area contributed by atoms with Crippen molar-refractivity contribution in [3.63, 3.8) is 0 Å². The number of halogens is 1. The minimum Gasteiger partial charge on any atom is -0.350 e. The first kappa shape index (κ1) is 18.5. The van der Waals surface area contributed by atoms with Gasteiger partial charge in [0.1, 0.15) is 17.2 Å². The number of fused-ring (bicyclic) bond motifs is 1. The van der Waals surface area contributed by atoms with Gasteiger partial charge in [-0.15, -0.1) is 22.7 Å². The van der Waals surface area contributed by atoms with Crippen LogP contribution in [0.3, 0.4) is 0 Å². The summed E-state index contributed by atoms with van der Waals surface area (Å²) in [6, 6.07) is 9.91. The van der Waals surface area contributed by atoms with E-state index in [1.807, 2.05) is 24.4 Å². The Balaban J connectivity index is 1.55. The molecule has 5 nitrogen and oxygen atoms in total. The van der Waals surface area contributed by atoms with Crippen LogP contribution < -0.4 is 10.9 Å². The molecule has 8 heteroatoms. The van der Waals surface area contributed by atoms with Crippen molar-refractivity contribution < 1.29 is 9.18 Å². The number of amides is 1. The van der Waals surface area contributed by atoms with E-state index in [0.29, 0.717) is 10.2 Å². The molecule has 1 amide bonds. The summed E-state index contributed by atoms with van der Waals surface area (Å²) >= 11 is 3.04. The molecule has 3 heterocycles. The number of thiophene rings is 2. The number of aryl methyl sites for hydroxylation is 1. The first-order chi connectivity index (χ1) is 13.5. The Kier molecular flexibility index (Phi) is 5.06. The Labute approximate surface area is 168 Å². The summed E-state index contributed by atoms with van der Waals surface area (Å²) in [7, 11) is 0. The van der Waals surface area contributed by atoms with Crippen molar-refractivity contribution >= 4 is 38.8 Å². The van der Waals surface area contributed by atoms with Gasteiger partial charge < -0.3 is 5.32 Å². The molecule has 0 aliphatic carbocycles. The molecule has 0 atom stereocenters. The van der Waals surface area contributed by atoms with Crippen molar-refractivity contribution in [1.29, 1.82) is 0 Å². The highest BCUT2D eigenvalue weighted by Crippen LogP contribution is 2.34. The van der Waals surface area contributed by atoms with E-state index in [1.165, 1.54) is 39.2 Å². The maximum Gasteiger partial charge on any atom is 0.263 e. The fourth-order valence-electron chi connectivity index (χ4n) is 2.85. The largest absolute Gasteiger partial charge is 0.350 e. The second kappa shape index (κ2) is 7.65. The fourth-order valence-corrected chi connectivity index (χ4v) is 4.72. The van der Waals surface area contributed by atoms with Crippen LogP contribution in [0.2, 0.25) is 0 Å². The van der Waals surface area contributed by atoms with Gasteiger partial charge in [0.15, 0.2) is 0 Å². The summed E-state index contributed by atoms with van der Waals surface area (Å²) < 4.78 is 14.3. The topological polar surface area (TPSA) is 64.0 Å². The summed E-state index contributed by atoms with van der Waals surface area (Å²) in [5, 5.41) is 5.22. The second-order valence-electron chi connectivity index (χ2n) is 6.32. The number of carbonyl (C=O) groups excluding carboxylic acids is 1. The van der Waals surface area contributed by atoms with Crippen LogP contribution in [-0.4, -0.2) is 15.5 Å². The van der Waals surface area contributed by atoms with Gasteiger partial charge in [-0.05, 0) is 36.8 Å². The zero-order valence-corrected chi connectivity index (χ0v) is 16.6. The number of rotatable bonds is 5. The van der Waals surface area contributed by atoms with Crippen LogP contribution in [0.1, 0.15) is 10.4 Å². The van der Waals surface area contributed by atoms with Gasteiger partial charge in [-0.1, -0.05) is 12.1 Å². The zero-order chi connectivity index (χ0) is 19.7. The van der Waals surface area contributed by atoms with Gasteiger partial charge in [-0.25, -0.2) is 9.37 Å². The van der Waals surface area contributed by atoms with E-state index in [9.17, 15) is 14.0 Å². The molecule has 0 bridgehead atoms. The average molecular weight is 413 g/mol. The van der Waals surface area contributed by atoms with Crippen LogP contribution in [0, 0.1) is 12.7 Å². The van der Waals surface area contributed by atoms with E-state index in [0.717, 1.165) is 16.0 Å². The van der Waals surface area contributed by atoms with Crippen LogP contribution in [0.15, 0.2) is 52.9 Å². The van der Waals surface area contributed by atoms with Crippen LogP contribution in [0.4, 0.5) is 4.39 Å². The Hall–Kier alpha value is -2.84. The van der Waals surface area contributed by atoms with Crippen LogP contribution >= 0.6 is 22.7 Å². The van der Waals surface area contributed by atoms with E-state index in [-0.39, 0.29) is 30.4 Å². The summed E-state index contributed by atoms with van der Waals surface area (Å²) in [5.74, 6) is -0.634. The first-order valence-electron chi connectivity index (χ1n) is 8.56. The highest BCUT2D eigenvalue weighted by molar-refractivity contribution is 7.19. The second-order valence-corrected chi connectivity index (χ2v) is 8.47. The molecule has 0 spiro atoms. The van der Waals surface area contributed by atoms with Crippen molar-refractivity contribution in [3.05, 3.63) is 74.7 Å². The van der Waals surface area contributed by atoms with Gasteiger partial charge in [0, 0.05) is 27.2 Å². The molecule has 0 fully saturated rings. The highest BCUT2D eigenvalue weighted by atomic mass is 32.1. The van der Waals surface area contributed by atoms with Crippen molar-refractivity contribution in [2.45, 2.75) is 20.0 Å². The summed E-state index contributed by atoms with van der Waals surface area (Å²) in [5.41, 5.74) is 1.41. The SMILES string of the molecule is Cc1ccc(-c2csc3ncn(CC(=O)NCc4ccc(F)cc4)c(=O)c23)s1. The number of nitrogens with one attached hydrogen (secondary N) is 1. The summed E-state index contributed by atoms with van der Waals surface area (Å²) in [6.07, 6.45) is 1.40. The predicted molar refractivity (Wildman–Crippen MR) is 110 cm³/mol. The number of hydrogen-bond donors (Lipinski definition) is 1. The highest BCUT2D eigenvalue weighted by Gasteiger charge is 2.15. The van der Waals surface area contributed by atoms with Crippen molar-refractivity contribution in [1.82, 2.24) is 14.9 Å². The molecule has 0 saturated heterocycles. The smallest absolute Gasteiger partial charge is 0.263 e. The molecular weight excluding hydrogens is 397 g/mol. The molecule has 4 aromatic rings. The Bertz CT molecular complexity index is 1210. The van der Waals surface area contributed by atoms with Gasteiger partial charge in [-0.3, -0.25) is 14.2 Å². The van der Waals surface area contributed by atoms with Crippen molar-refractivity contribution in [2.75, 3.05) is 0 Å². The minimum absolute atomic E-state index is 0.123. The fraction of sp³-hybridized carbons (Fsp3) is 0.150. The number of carbonyl (C=O) groups is 1. The van der Waals surface area contributed by atoms with Gasteiger partial charge >= 0.3 is 0 Å². The summed E-state index contributed by atoms with van der Waals surface area (Å²) in [4.78, 5) is 32.4. The Morgan fingerprint density at radius 2 is 2.00 bits per heavy atom. The molecule has 0 aliphatic heterocycles. The number of aromatic nitrogens is 2. The van der Waals surface area contributed by atoms with Gasteiger partial charge in [0.2, 0.25) is 5.91 Å². The monoisotopic (exact) mass is 413 g/mol. The molecule has 4 rings (SSSR count). The standard InChI is InChI=1S/C20H16FN3O2S2/c1-12-2-7-16(28-12)15-10-27-19-18(15)20(26)24(11-23-19)9-17(25)22-8-13-3-5-14(21)6-4-13/h2-7,10-11H,8-9H2,1H3,(H,22,25). The molecule has 142 valence electrons. The molecule has 0 saturated carbocycles. The molecule has 1 N–H and O–H groups in total. The van der Waals surface area contributed by atoms with E-state index in [4.69, 9.17) is 0 Å². The van der Waals surface area contributed by atoms with E-state index in [1.54, 1.807) is 23.5 Å². The third kappa shape index (κ3) is 3.74. The van der Waals surface area contributed by atoms with E-state index >= 15 is 0 Å². The molecule has 28 heavy (non-hydrogen) atoms. The molecule has 0 aliphatic rings. The molecule has 3 aromatic heterocycles. The van der Waals surface area contributed by atoms with Crippen LogP contribution in [0.5, 0.6) is 0 Å². The maximum atomic E-state index is 13.0. The molecular formula is C20H16FN3O2S2. The van der Waals surface area contributed by atoms with Crippen LogP contribution in [-0.2, 0) is 17.9 Å². The van der Waals surface area contributed by atoms with Crippen molar-refractivity contribution in [2.24, 2.45) is 0 Å². The van der Waals surface area contributed by atoms with Crippen LogP contribution in [0.25, 0.3) is 20.7 Å². The van der Waals surface area contributed by atoms with Gasteiger partial charge in [-0.2, -0.15) is 0 Å². The molecule has 0 unspecified atom stereocenters. The quantitative estimate of drug-likeness (QED) is 0.539. The normalized spacial score (nSPS) is 11.1. The van der Waals surface area contributed by atoms with Gasteiger partial charge in [0.25, 0.3) is 5.56 Å². The van der Waals surface area contributed by atoms with Gasteiger partial charge in [0.05, 0.1) is 11.7 Å². The third-order valence-corrected chi connectivity index (χ3v) is 6.20.